The quantitative estimate of drug-likeness (QED) is 0.442. The first-order valence-electron chi connectivity index (χ1n) is 5.40. The lowest BCUT2D eigenvalue weighted by atomic mass is 10.3. The minimum absolute atomic E-state index is 0.140. The van der Waals surface area contributed by atoms with Crippen LogP contribution < -0.4 is 11.2 Å². The average Bonchev–Trinajstić information content (AvgIpc) is 2.39. The number of hydrogen-bond acceptors (Lipinski definition) is 7. The summed E-state index contributed by atoms with van der Waals surface area (Å²) >= 11 is 11.6. The molecule has 0 spiro atoms. The Labute approximate surface area is 130 Å². The van der Waals surface area contributed by atoms with Crippen LogP contribution in [0, 0.1) is 10.1 Å². The van der Waals surface area contributed by atoms with Crippen molar-refractivity contribution in [3.63, 3.8) is 0 Å². The van der Waals surface area contributed by atoms with E-state index >= 15 is 0 Å². The van der Waals surface area contributed by atoms with Crippen molar-refractivity contribution >= 4 is 40.3 Å². The van der Waals surface area contributed by atoms with Gasteiger partial charge in [0.1, 0.15) is 5.69 Å². The summed E-state index contributed by atoms with van der Waals surface area (Å²) in [5.74, 6) is -0.799. The number of non-ortho nitro benzene ring substituents is 1. The average molecular weight is 346 g/mol. The number of nitrogens with one attached hydrogen (secondary N) is 2. The molecule has 1 heterocycles. The summed E-state index contributed by atoms with van der Waals surface area (Å²) < 4.78 is 0. The molecule has 0 unspecified atom stereocenters. The summed E-state index contributed by atoms with van der Waals surface area (Å²) in [5.41, 5.74) is -2.98. The molecule has 10 nitrogen and oxygen atoms in total. The fourth-order valence-corrected chi connectivity index (χ4v) is 1.96. The van der Waals surface area contributed by atoms with Gasteiger partial charge >= 0.3 is 5.69 Å². The van der Waals surface area contributed by atoms with Crippen LogP contribution in [-0.4, -0.2) is 20.0 Å². The van der Waals surface area contributed by atoms with Gasteiger partial charge in [-0.25, -0.2) is 4.79 Å². The number of aromatic nitrogens is 2. The SMILES string of the molecule is O=c1[nH]c(O)c(N=Nc2c(Cl)cc([N+](=O)[O-])cc2Cl)c(=O)[nH]1. The molecule has 1 aromatic heterocycles. The molecule has 0 aliphatic carbocycles. The normalized spacial score (nSPS) is 11.0. The molecule has 0 bridgehead atoms. The van der Waals surface area contributed by atoms with Crippen LogP contribution in [0.5, 0.6) is 5.88 Å². The molecule has 0 atom stereocenters. The number of azo groups is 1. The molecule has 0 amide bonds. The first-order valence-corrected chi connectivity index (χ1v) is 6.16. The Balaban J connectivity index is 2.50. The van der Waals surface area contributed by atoms with Gasteiger partial charge in [-0.15, -0.1) is 10.2 Å². The zero-order valence-corrected chi connectivity index (χ0v) is 11.8. The van der Waals surface area contributed by atoms with E-state index < -0.39 is 27.7 Å². The predicted molar refractivity (Wildman–Crippen MR) is 76.6 cm³/mol. The summed E-state index contributed by atoms with van der Waals surface area (Å²) in [6, 6.07) is 2.00. The fourth-order valence-electron chi connectivity index (χ4n) is 1.41. The molecule has 0 aliphatic rings. The lowest BCUT2D eigenvalue weighted by Gasteiger charge is -2.01. The number of benzene rings is 1. The van der Waals surface area contributed by atoms with Crippen LogP contribution in [0.2, 0.25) is 10.0 Å². The van der Waals surface area contributed by atoms with Crippen LogP contribution in [0.3, 0.4) is 0 Å². The van der Waals surface area contributed by atoms with E-state index in [9.17, 15) is 24.8 Å². The molecule has 22 heavy (non-hydrogen) atoms. The zero-order valence-electron chi connectivity index (χ0n) is 10.3. The minimum atomic E-state index is -0.987. The lowest BCUT2D eigenvalue weighted by molar-refractivity contribution is -0.384. The first kappa shape index (κ1) is 15.7. The molecular formula is C10H5Cl2N5O5. The van der Waals surface area contributed by atoms with E-state index in [-0.39, 0.29) is 21.4 Å². The van der Waals surface area contributed by atoms with Crippen molar-refractivity contribution in [2.75, 3.05) is 0 Å². The first-order chi connectivity index (χ1) is 10.3. The molecule has 3 N–H and O–H groups in total. The zero-order chi connectivity index (χ0) is 16.4. The summed E-state index contributed by atoms with van der Waals surface area (Å²) in [5, 5.41) is 26.7. The van der Waals surface area contributed by atoms with Gasteiger partial charge in [-0.1, -0.05) is 23.2 Å². The maximum Gasteiger partial charge on any atom is 0.328 e. The summed E-state index contributed by atoms with van der Waals surface area (Å²) in [7, 11) is 0. The molecule has 0 saturated carbocycles. The Morgan fingerprint density at radius 2 is 1.64 bits per heavy atom. The Kier molecular flexibility index (Phi) is 4.24. The molecular weight excluding hydrogens is 341 g/mol. The highest BCUT2D eigenvalue weighted by Crippen LogP contribution is 2.37. The van der Waals surface area contributed by atoms with Gasteiger partial charge in [0.25, 0.3) is 11.2 Å². The number of aromatic amines is 2. The second-order valence-corrected chi connectivity index (χ2v) is 4.63. The van der Waals surface area contributed by atoms with Gasteiger partial charge in [0.05, 0.1) is 15.0 Å². The second-order valence-electron chi connectivity index (χ2n) is 3.82. The van der Waals surface area contributed by atoms with Crippen molar-refractivity contribution in [3.8, 4) is 5.88 Å². The van der Waals surface area contributed by atoms with Gasteiger partial charge in [0.15, 0.2) is 0 Å². The number of nitro benzene ring substituents is 1. The van der Waals surface area contributed by atoms with Crippen LogP contribution in [0.4, 0.5) is 17.1 Å². The number of aromatic hydroxyl groups is 1. The molecule has 0 aliphatic heterocycles. The van der Waals surface area contributed by atoms with Gasteiger partial charge in [0.2, 0.25) is 11.6 Å². The predicted octanol–water partition coefficient (Wildman–Crippen LogP) is 2.40. The van der Waals surface area contributed by atoms with Crippen LogP contribution in [0.1, 0.15) is 0 Å². The van der Waals surface area contributed by atoms with E-state index in [0.29, 0.717) is 0 Å². The van der Waals surface area contributed by atoms with Crippen molar-refractivity contribution in [1.82, 2.24) is 9.97 Å². The fraction of sp³-hybridized carbons (Fsp3) is 0. The van der Waals surface area contributed by atoms with Crippen molar-refractivity contribution in [1.29, 1.82) is 0 Å². The maximum absolute atomic E-state index is 11.5. The number of rotatable bonds is 3. The maximum atomic E-state index is 11.5. The van der Waals surface area contributed by atoms with Crippen LogP contribution in [-0.2, 0) is 0 Å². The van der Waals surface area contributed by atoms with Crippen molar-refractivity contribution in [2.45, 2.75) is 0 Å². The second kappa shape index (κ2) is 5.95. The van der Waals surface area contributed by atoms with Gasteiger partial charge in [0, 0.05) is 12.1 Å². The van der Waals surface area contributed by atoms with Gasteiger partial charge in [-0.05, 0) is 0 Å². The Morgan fingerprint density at radius 1 is 1.09 bits per heavy atom. The van der Waals surface area contributed by atoms with Gasteiger partial charge in [-0.2, -0.15) is 0 Å². The lowest BCUT2D eigenvalue weighted by Crippen LogP contribution is -2.20. The molecule has 0 radical (unpaired) electrons. The van der Waals surface area contributed by atoms with Crippen LogP contribution in [0.25, 0.3) is 0 Å². The Morgan fingerprint density at radius 3 is 2.14 bits per heavy atom. The number of nitrogens with zero attached hydrogens (tertiary/aromatic N) is 3. The van der Waals surface area contributed by atoms with Crippen molar-refractivity contribution in [3.05, 3.63) is 53.1 Å². The van der Waals surface area contributed by atoms with E-state index in [0.717, 1.165) is 12.1 Å². The highest BCUT2D eigenvalue weighted by molar-refractivity contribution is 6.39. The standard InChI is InChI=1S/C10H5Cl2N5O5/c11-4-1-3(17(21)22)2-5(12)6(4)15-16-7-8(18)13-10(20)14-9(7)19/h1-2H,(H3,13,14,18,19,20). The largest absolute Gasteiger partial charge is 0.493 e. The van der Waals surface area contributed by atoms with Gasteiger partial charge in [-0.3, -0.25) is 24.9 Å². The van der Waals surface area contributed by atoms with Crippen molar-refractivity contribution < 1.29 is 10.0 Å². The molecule has 114 valence electrons. The van der Waals surface area contributed by atoms with Crippen LogP contribution >= 0.6 is 23.2 Å². The van der Waals surface area contributed by atoms with E-state index in [1.807, 2.05) is 9.97 Å². The molecule has 1 aromatic carbocycles. The molecule has 0 saturated heterocycles. The number of H-pyrrole nitrogens is 2. The smallest absolute Gasteiger partial charge is 0.328 e. The van der Waals surface area contributed by atoms with Crippen molar-refractivity contribution in [2.24, 2.45) is 10.2 Å². The number of halogens is 2. The third kappa shape index (κ3) is 3.13. The van der Waals surface area contributed by atoms with E-state index in [1.54, 1.807) is 0 Å². The Bertz CT molecular complexity index is 880. The molecule has 0 fully saturated rings. The monoisotopic (exact) mass is 345 g/mol. The van der Waals surface area contributed by atoms with E-state index in [4.69, 9.17) is 23.2 Å². The van der Waals surface area contributed by atoms with E-state index in [2.05, 4.69) is 10.2 Å². The highest BCUT2D eigenvalue weighted by atomic mass is 35.5. The van der Waals surface area contributed by atoms with E-state index in [1.165, 1.54) is 0 Å². The third-order valence-electron chi connectivity index (χ3n) is 2.36. The topological polar surface area (TPSA) is 154 Å². The van der Waals surface area contributed by atoms with Crippen LogP contribution in [0.15, 0.2) is 32.0 Å². The minimum Gasteiger partial charge on any atom is -0.493 e. The Hall–Kier alpha value is -2.72. The molecule has 2 aromatic rings. The van der Waals surface area contributed by atoms with Gasteiger partial charge < -0.3 is 5.11 Å². The number of nitro groups is 1. The number of hydrogen-bond donors (Lipinski definition) is 3. The highest BCUT2D eigenvalue weighted by Gasteiger charge is 2.15. The molecule has 2 rings (SSSR count). The summed E-state index contributed by atoms with van der Waals surface area (Å²) in [6.45, 7) is 0. The third-order valence-corrected chi connectivity index (χ3v) is 2.94. The summed E-state index contributed by atoms with van der Waals surface area (Å²) in [6.07, 6.45) is 0. The summed E-state index contributed by atoms with van der Waals surface area (Å²) in [4.78, 5) is 36.0. The molecule has 12 heteroatoms.